The summed E-state index contributed by atoms with van der Waals surface area (Å²) < 4.78 is 0. The molecule has 0 aromatic carbocycles. The minimum atomic E-state index is -0.356. The maximum atomic E-state index is 11.0. The van der Waals surface area contributed by atoms with E-state index in [0.29, 0.717) is 23.4 Å². The number of aryl methyl sites for hydroxylation is 1. The van der Waals surface area contributed by atoms with E-state index in [0.717, 1.165) is 12.8 Å². The van der Waals surface area contributed by atoms with Crippen molar-refractivity contribution < 1.29 is 10.0 Å². The number of rotatable bonds is 7. The van der Waals surface area contributed by atoms with E-state index in [-0.39, 0.29) is 23.3 Å². The molecule has 0 saturated carbocycles. The van der Waals surface area contributed by atoms with Gasteiger partial charge in [-0.25, -0.2) is 0 Å². The van der Waals surface area contributed by atoms with Gasteiger partial charge < -0.3 is 10.4 Å². The van der Waals surface area contributed by atoms with Gasteiger partial charge >= 0.3 is 0 Å². The SMILES string of the molecule is Cc1cnc(CNC(C)CCCO)c(C)c1[N+](=O)[O-]. The minimum absolute atomic E-state index is 0.148. The van der Waals surface area contributed by atoms with Crippen molar-refractivity contribution in [3.63, 3.8) is 0 Å². The number of hydrogen-bond acceptors (Lipinski definition) is 5. The average molecular weight is 267 g/mol. The summed E-state index contributed by atoms with van der Waals surface area (Å²) in [4.78, 5) is 14.9. The van der Waals surface area contributed by atoms with Gasteiger partial charge in [-0.1, -0.05) is 0 Å². The van der Waals surface area contributed by atoms with Crippen LogP contribution in [0.25, 0.3) is 0 Å². The van der Waals surface area contributed by atoms with E-state index in [1.54, 1.807) is 20.0 Å². The van der Waals surface area contributed by atoms with Crippen LogP contribution in [-0.4, -0.2) is 27.7 Å². The molecule has 6 heteroatoms. The molecule has 1 rings (SSSR count). The van der Waals surface area contributed by atoms with Crippen molar-refractivity contribution >= 4 is 5.69 Å². The Morgan fingerprint density at radius 2 is 2.21 bits per heavy atom. The minimum Gasteiger partial charge on any atom is -0.396 e. The Balaban J connectivity index is 2.74. The molecule has 0 amide bonds. The maximum Gasteiger partial charge on any atom is 0.278 e. The molecule has 0 aliphatic rings. The van der Waals surface area contributed by atoms with E-state index >= 15 is 0 Å². The van der Waals surface area contributed by atoms with Gasteiger partial charge in [0.15, 0.2) is 0 Å². The number of pyridine rings is 1. The molecule has 0 bridgehead atoms. The zero-order chi connectivity index (χ0) is 14.4. The highest BCUT2D eigenvalue weighted by molar-refractivity contribution is 5.47. The summed E-state index contributed by atoms with van der Waals surface area (Å²) in [5.41, 5.74) is 2.05. The van der Waals surface area contributed by atoms with Crippen LogP contribution in [0.5, 0.6) is 0 Å². The molecule has 0 aliphatic heterocycles. The topological polar surface area (TPSA) is 88.3 Å². The van der Waals surface area contributed by atoms with Crippen molar-refractivity contribution in [3.05, 3.63) is 33.1 Å². The van der Waals surface area contributed by atoms with Gasteiger partial charge in [-0.05, 0) is 33.6 Å². The van der Waals surface area contributed by atoms with Crippen LogP contribution in [0.4, 0.5) is 5.69 Å². The van der Waals surface area contributed by atoms with E-state index < -0.39 is 0 Å². The predicted molar refractivity (Wildman–Crippen MR) is 73.0 cm³/mol. The lowest BCUT2D eigenvalue weighted by molar-refractivity contribution is -0.386. The third-order valence-corrected chi connectivity index (χ3v) is 3.17. The van der Waals surface area contributed by atoms with Crippen LogP contribution < -0.4 is 5.32 Å². The van der Waals surface area contributed by atoms with Crippen molar-refractivity contribution in [1.29, 1.82) is 0 Å². The molecule has 0 fully saturated rings. The zero-order valence-corrected chi connectivity index (χ0v) is 11.6. The first-order valence-corrected chi connectivity index (χ1v) is 6.41. The lowest BCUT2D eigenvalue weighted by Gasteiger charge is -2.14. The molecule has 106 valence electrons. The molecule has 1 aromatic rings. The fourth-order valence-corrected chi connectivity index (χ4v) is 1.99. The lowest BCUT2D eigenvalue weighted by Crippen LogP contribution is -2.26. The van der Waals surface area contributed by atoms with Crippen LogP contribution in [0.1, 0.15) is 36.6 Å². The first-order chi connectivity index (χ1) is 8.97. The van der Waals surface area contributed by atoms with Gasteiger partial charge in [-0.2, -0.15) is 0 Å². The monoisotopic (exact) mass is 267 g/mol. The number of aromatic nitrogens is 1. The van der Waals surface area contributed by atoms with Crippen molar-refractivity contribution in [3.8, 4) is 0 Å². The molecule has 1 unspecified atom stereocenters. The fourth-order valence-electron chi connectivity index (χ4n) is 1.99. The molecule has 19 heavy (non-hydrogen) atoms. The highest BCUT2D eigenvalue weighted by Gasteiger charge is 2.18. The third kappa shape index (κ3) is 4.25. The standard InChI is InChI=1S/C13H21N3O3/c1-9-7-15-12(11(3)13(9)16(18)19)8-14-10(2)5-4-6-17/h7,10,14,17H,4-6,8H2,1-3H3. The Morgan fingerprint density at radius 3 is 2.79 bits per heavy atom. The highest BCUT2D eigenvalue weighted by atomic mass is 16.6. The van der Waals surface area contributed by atoms with Gasteiger partial charge in [0.1, 0.15) is 0 Å². The molecule has 0 aliphatic carbocycles. The van der Waals surface area contributed by atoms with E-state index in [9.17, 15) is 10.1 Å². The fraction of sp³-hybridized carbons (Fsp3) is 0.615. The summed E-state index contributed by atoms with van der Waals surface area (Å²) in [6.45, 7) is 6.12. The first kappa shape index (κ1) is 15.5. The van der Waals surface area contributed by atoms with Crippen LogP contribution in [0.3, 0.4) is 0 Å². The third-order valence-electron chi connectivity index (χ3n) is 3.17. The number of nitrogens with zero attached hydrogens (tertiary/aromatic N) is 2. The van der Waals surface area contributed by atoms with Crippen molar-refractivity contribution in [2.24, 2.45) is 0 Å². The number of aliphatic hydroxyl groups is 1. The Morgan fingerprint density at radius 1 is 1.53 bits per heavy atom. The van der Waals surface area contributed by atoms with Gasteiger partial charge in [0.2, 0.25) is 0 Å². The van der Waals surface area contributed by atoms with Crippen LogP contribution in [0.15, 0.2) is 6.20 Å². The Labute approximate surface area is 113 Å². The Hall–Kier alpha value is -1.53. The summed E-state index contributed by atoms with van der Waals surface area (Å²) >= 11 is 0. The second-order valence-corrected chi connectivity index (χ2v) is 4.77. The molecular weight excluding hydrogens is 246 g/mol. The molecule has 1 atom stereocenters. The molecule has 2 N–H and O–H groups in total. The van der Waals surface area contributed by atoms with Gasteiger partial charge in [0, 0.05) is 36.5 Å². The van der Waals surface area contributed by atoms with Gasteiger partial charge in [0.05, 0.1) is 10.6 Å². The van der Waals surface area contributed by atoms with Crippen LogP contribution in [0.2, 0.25) is 0 Å². The van der Waals surface area contributed by atoms with E-state index in [2.05, 4.69) is 10.3 Å². The second-order valence-electron chi connectivity index (χ2n) is 4.77. The molecule has 1 aromatic heterocycles. The molecule has 1 heterocycles. The van der Waals surface area contributed by atoms with Crippen molar-refractivity contribution in [2.45, 2.75) is 46.2 Å². The number of nitro groups is 1. The normalized spacial score (nSPS) is 12.4. The van der Waals surface area contributed by atoms with Crippen LogP contribution >= 0.6 is 0 Å². The van der Waals surface area contributed by atoms with Crippen LogP contribution in [-0.2, 0) is 6.54 Å². The van der Waals surface area contributed by atoms with Crippen molar-refractivity contribution in [2.75, 3.05) is 6.61 Å². The predicted octanol–water partition coefficient (Wildman–Crippen LogP) is 1.86. The summed E-state index contributed by atoms with van der Waals surface area (Å²) in [5.74, 6) is 0. The van der Waals surface area contributed by atoms with Gasteiger partial charge in [-0.3, -0.25) is 15.1 Å². The van der Waals surface area contributed by atoms with Gasteiger partial charge in [0.25, 0.3) is 5.69 Å². The summed E-state index contributed by atoms with van der Waals surface area (Å²) in [7, 11) is 0. The van der Waals surface area contributed by atoms with Crippen LogP contribution in [0, 0.1) is 24.0 Å². The number of hydrogen-bond donors (Lipinski definition) is 2. The first-order valence-electron chi connectivity index (χ1n) is 6.41. The van der Waals surface area contributed by atoms with Gasteiger partial charge in [-0.15, -0.1) is 0 Å². The lowest BCUT2D eigenvalue weighted by atomic mass is 10.1. The molecule has 0 spiro atoms. The smallest absolute Gasteiger partial charge is 0.278 e. The quantitative estimate of drug-likeness (QED) is 0.581. The Bertz CT molecular complexity index is 449. The molecule has 0 radical (unpaired) electrons. The Kier molecular flexibility index (Phi) is 5.85. The van der Waals surface area contributed by atoms with E-state index in [1.165, 1.54) is 0 Å². The molecule has 0 saturated heterocycles. The molecule has 6 nitrogen and oxygen atoms in total. The number of aliphatic hydroxyl groups excluding tert-OH is 1. The summed E-state index contributed by atoms with van der Waals surface area (Å²) in [6.07, 6.45) is 3.15. The van der Waals surface area contributed by atoms with Crippen molar-refractivity contribution in [1.82, 2.24) is 10.3 Å². The number of nitrogens with one attached hydrogen (secondary N) is 1. The second kappa shape index (κ2) is 7.16. The summed E-state index contributed by atoms with van der Waals surface area (Å²) in [5, 5.41) is 23.0. The van der Waals surface area contributed by atoms with E-state index in [4.69, 9.17) is 5.11 Å². The maximum absolute atomic E-state index is 11.0. The average Bonchev–Trinajstić information content (AvgIpc) is 2.35. The molecular formula is C13H21N3O3. The zero-order valence-electron chi connectivity index (χ0n) is 11.6. The van der Waals surface area contributed by atoms with E-state index in [1.807, 2.05) is 6.92 Å². The summed E-state index contributed by atoms with van der Waals surface area (Å²) in [6, 6.07) is 0.244. The largest absolute Gasteiger partial charge is 0.396 e. The highest BCUT2D eigenvalue weighted by Crippen LogP contribution is 2.23.